The summed E-state index contributed by atoms with van der Waals surface area (Å²) in [6.07, 6.45) is -3.34. The molecule has 0 aromatic carbocycles. The molecular weight excluding hydrogens is 245 g/mol. The summed E-state index contributed by atoms with van der Waals surface area (Å²) in [6, 6.07) is -0.0290. The van der Waals surface area contributed by atoms with E-state index in [4.69, 9.17) is 0 Å². The third-order valence-corrected chi connectivity index (χ3v) is 2.95. The summed E-state index contributed by atoms with van der Waals surface area (Å²) in [5.41, 5.74) is 0. The topological polar surface area (TPSA) is 32.3 Å². The number of likely N-dealkylation sites (tertiary alicyclic amines) is 1. The van der Waals surface area contributed by atoms with Gasteiger partial charge in [0.05, 0.1) is 6.04 Å². The Labute approximate surface area is 106 Å². The Morgan fingerprint density at radius 3 is 2.67 bits per heavy atom. The van der Waals surface area contributed by atoms with E-state index in [9.17, 15) is 18.0 Å². The number of hydrogen-bond donors (Lipinski definition) is 1. The van der Waals surface area contributed by atoms with Gasteiger partial charge in [-0.3, -0.25) is 4.79 Å². The van der Waals surface area contributed by atoms with Crippen molar-refractivity contribution >= 4 is 5.91 Å². The molecule has 0 saturated carbocycles. The summed E-state index contributed by atoms with van der Waals surface area (Å²) in [6.45, 7) is 4.69. The third kappa shape index (κ3) is 5.25. The molecule has 1 atom stereocenters. The van der Waals surface area contributed by atoms with Crippen molar-refractivity contribution in [2.75, 3.05) is 13.1 Å². The number of carbonyl (C=O) groups excluding carboxylic acids is 1. The van der Waals surface area contributed by atoms with E-state index in [0.29, 0.717) is 6.54 Å². The summed E-state index contributed by atoms with van der Waals surface area (Å²) in [5.74, 6) is -0.0582. The van der Waals surface area contributed by atoms with Gasteiger partial charge >= 0.3 is 6.18 Å². The number of alkyl halides is 3. The van der Waals surface area contributed by atoms with Gasteiger partial charge in [0, 0.05) is 25.6 Å². The fraction of sp³-hybridized carbons (Fsp3) is 0.917. The van der Waals surface area contributed by atoms with Crippen molar-refractivity contribution in [1.82, 2.24) is 10.2 Å². The van der Waals surface area contributed by atoms with Gasteiger partial charge in [0.15, 0.2) is 0 Å². The number of amides is 1. The van der Waals surface area contributed by atoms with Crippen LogP contribution >= 0.6 is 0 Å². The van der Waals surface area contributed by atoms with Gasteiger partial charge in [-0.2, -0.15) is 13.2 Å². The van der Waals surface area contributed by atoms with Crippen molar-refractivity contribution in [1.29, 1.82) is 0 Å². The molecule has 0 radical (unpaired) electrons. The Morgan fingerprint density at radius 1 is 1.44 bits per heavy atom. The minimum Gasteiger partial charge on any atom is -0.341 e. The summed E-state index contributed by atoms with van der Waals surface area (Å²) in [4.78, 5) is 13.5. The summed E-state index contributed by atoms with van der Waals surface area (Å²) < 4.78 is 36.1. The molecular formula is C12H21F3N2O. The van der Waals surface area contributed by atoms with Crippen LogP contribution < -0.4 is 5.32 Å². The molecule has 3 nitrogen and oxygen atoms in total. The van der Waals surface area contributed by atoms with Gasteiger partial charge in [0.25, 0.3) is 0 Å². The first-order valence-corrected chi connectivity index (χ1v) is 6.41. The molecule has 0 spiro atoms. The second kappa shape index (κ2) is 6.41. The van der Waals surface area contributed by atoms with Crippen LogP contribution in [0, 0.1) is 0 Å². The summed E-state index contributed by atoms with van der Waals surface area (Å²) in [7, 11) is 0. The van der Waals surface area contributed by atoms with Crippen LogP contribution in [-0.2, 0) is 4.79 Å². The van der Waals surface area contributed by atoms with Crippen molar-refractivity contribution < 1.29 is 18.0 Å². The Balaban J connectivity index is 2.39. The minimum absolute atomic E-state index is 0.0103. The fourth-order valence-corrected chi connectivity index (χ4v) is 2.19. The molecule has 1 aliphatic rings. The first-order valence-electron chi connectivity index (χ1n) is 6.41. The average molecular weight is 266 g/mol. The van der Waals surface area contributed by atoms with E-state index in [2.05, 4.69) is 5.32 Å². The Morgan fingerprint density at radius 2 is 2.11 bits per heavy atom. The van der Waals surface area contributed by atoms with Crippen LogP contribution in [0.2, 0.25) is 0 Å². The van der Waals surface area contributed by atoms with Crippen LogP contribution in [-0.4, -0.2) is 42.2 Å². The predicted molar refractivity (Wildman–Crippen MR) is 63.2 cm³/mol. The largest absolute Gasteiger partial charge is 0.389 e. The standard InChI is InChI=1S/C12H21F3N2O/c1-9(2)16-10-5-3-7-17(11(10)18)8-4-6-12(13,14)15/h9-10,16H,3-8H2,1-2H3. The molecule has 1 fully saturated rings. The molecule has 1 aliphatic heterocycles. The molecule has 1 unspecified atom stereocenters. The molecule has 18 heavy (non-hydrogen) atoms. The van der Waals surface area contributed by atoms with E-state index < -0.39 is 12.6 Å². The van der Waals surface area contributed by atoms with Crippen LogP contribution in [0.25, 0.3) is 0 Å². The lowest BCUT2D eigenvalue weighted by Gasteiger charge is -2.33. The lowest BCUT2D eigenvalue weighted by Crippen LogP contribution is -2.52. The highest BCUT2D eigenvalue weighted by atomic mass is 19.4. The number of carbonyl (C=O) groups is 1. The molecule has 0 aromatic heterocycles. The molecule has 1 amide bonds. The monoisotopic (exact) mass is 266 g/mol. The van der Waals surface area contributed by atoms with Crippen molar-refractivity contribution in [3.63, 3.8) is 0 Å². The Kier molecular flexibility index (Phi) is 5.44. The molecule has 106 valence electrons. The SMILES string of the molecule is CC(C)NC1CCCN(CCCC(F)(F)F)C1=O. The lowest BCUT2D eigenvalue weighted by molar-refractivity contribution is -0.142. The van der Waals surface area contributed by atoms with Crippen molar-refractivity contribution in [3.05, 3.63) is 0 Å². The van der Waals surface area contributed by atoms with Crippen LogP contribution in [0.5, 0.6) is 0 Å². The summed E-state index contributed by atoms with van der Waals surface area (Å²) in [5, 5.41) is 3.15. The molecule has 0 aliphatic carbocycles. The number of hydrogen-bond acceptors (Lipinski definition) is 2. The maximum Gasteiger partial charge on any atom is 0.389 e. The van der Waals surface area contributed by atoms with Gasteiger partial charge in [0.1, 0.15) is 0 Å². The highest BCUT2D eigenvalue weighted by Gasteiger charge is 2.30. The first kappa shape index (κ1) is 15.3. The molecule has 0 aromatic rings. The molecule has 1 saturated heterocycles. The van der Waals surface area contributed by atoms with E-state index >= 15 is 0 Å². The van der Waals surface area contributed by atoms with Crippen LogP contribution in [0.4, 0.5) is 13.2 Å². The molecule has 6 heteroatoms. The number of halogens is 3. The van der Waals surface area contributed by atoms with Crippen molar-refractivity contribution in [2.45, 2.75) is 57.8 Å². The molecule has 1 N–H and O–H groups in total. The van der Waals surface area contributed by atoms with Crippen molar-refractivity contribution in [3.8, 4) is 0 Å². The van der Waals surface area contributed by atoms with Gasteiger partial charge < -0.3 is 10.2 Å². The Bertz CT molecular complexity index is 279. The zero-order valence-electron chi connectivity index (χ0n) is 10.9. The van der Waals surface area contributed by atoms with E-state index in [1.54, 1.807) is 4.90 Å². The van der Waals surface area contributed by atoms with Crippen LogP contribution in [0.3, 0.4) is 0 Å². The van der Waals surface area contributed by atoms with Crippen LogP contribution in [0.1, 0.15) is 39.5 Å². The smallest absolute Gasteiger partial charge is 0.341 e. The van der Waals surface area contributed by atoms with E-state index in [1.807, 2.05) is 13.8 Å². The van der Waals surface area contributed by atoms with Gasteiger partial charge in [-0.15, -0.1) is 0 Å². The lowest BCUT2D eigenvalue weighted by atomic mass is 10.0. The third-order valence-electron chi connectivity index (χ3n) is 2.95. The van der Waals surface area contributed by atoms with Crippen LogP contribution in [0.15, 0.2) is 0 Å². The van der Waals surface area contributed by atoms with Gasteiger partial charge in [-0.1, -0.05) is 13.8 Å². The maximum absolute atomic E-state index is 12.0. The van der Waals surface area contributed by atoms with E-state index in [-0.39, 0.29) is 31.0 Å². The number of piperidine rings is 1. The van der Waals surface area contributed by atoms with Gasteiger partial charge in [-0.05, 0) is 19.3 Å². The zero-order valence-corrected chi connectivity index (χ0v) is 10.9. The van der Waals surface area contributed by atoms with E-state index in [1.165, 1.54) is 0 Å². The van der Waals surface area contributed by atoms with E-state index in [0.717, 1.165) is 12.8 Å². The molecule has 1 rings (SSSR count). The number of nitrogens with one attached hydrogen (secondary N) is 1. The zero-order chi connectivity index (χ0) is 13.8. The highest BCUT2D eigenvalue weighted by molar-refractivity contribution is 5.82. The normalized spacial score (nSPS) is 21.8. The average Bonchev–Trinajstić information content (AvgIpc) is 2.21. The van der Waals surface area contributed by atoms with Gasteiger partial charge in [0.2, 0.25) is 5.91 Å². The second-order valence-corrected chi connectivity index (χ2v) is 5.06. The van der Waals surface area contributed by atoms with Crippen molar-refractivity contribution in [2.24, 2.45) is 0 Å². The maximum atomic E-state index is 12.0. The fourth-order valence-electron chi connectivity index (χ4n) is 2.19. The van der Waals surface area contributed by atoms with Gasteiger partial charge in [-0.25, -0.2) is 0 Å². The number of rotatable bonds is 5. The minimum atomic E-state index is -4.13. The first-order chi connectivity index (χ1) is 8.29. The molecule has 0 bridgehead atoms. The second-order valence-electron chi connectivity index (χ2n) is 5.06. The quantitative estimate of drug-likeness (QED) is 0.828. The molecule has 1 heterocycles. The Hall–Kier alpha value is -0.780. The number of nitrogens with zero attached hydrogens (tertiary/aromatic N) is 1. The highest BCUT2D eigenvalue weighted by Crippen LogP contribution is 2.22. The summed E-state index contributed by atoms with van der Waals surface area (Å²) >= 11 is 0. The predicted octanol–water partition coefficient (Wildman–Crippen LogP) is 2.32.